The first kappa shape index (κ1) is 20.1. The molecule has 0 aliphatic rings. The normalized spacial score (nSPS) is 11.7. The zero-order valence-corrected chi connectivity index (χ0v) is 15.9. The Morgan fingerprint density at radius 2 is 1.69 bits per heavy atom. The summed E-state index contributed by atoms with van der Waals surface area (Å²) in [4.78, 5) is 38.7. The third-order valence-corrected chi connectivity index (χ3v) is 4.66. The summed E-state index contributed by atoms with van der Waals surface area (Å²) in [5.41, 5.74) is 2.86. The van der Waals surface area contributed by atoms with E-state index in [9.17, 15) is 19.5 Å². The SMILES string of the molecule is O=C(CCc1c[nH]c2ccccc12)NCC(=O)N[C@H](Cc1ccccc1)C(=O)O. The summed E-state index contributed by atoms with van der Waals surface area (Å²) in [6, 6.07) is 15.9. The molecule has 7 heteroatoms. The number of hydrogen-bond acceptors (Lipinski definition) is 3. The Balaban J connectivity index is 1.45. The molecule has 29 heavy (non-hydrogen) atoms. The molecule has 2 aromatic carbocycles. The van der Waals surface area contributed by atoms with Gasteiger partial charge in [-0.1, -0.05) is 48.5 Å². The highest BCUT2D eigenvalue weighted by atomic mass is 16.4. The fraction of sp³-hybridized carbons (Fsp3) is 0.227. The van der Waals surface area contributed by atoms with Crippen molar-refractivity contribution in [2.45, 2.75) is 25.3 Å². The van der Waals surface area contributed by atoms with Gasteiger partial charge in [0.25, 0.3) is 0 Å². The lowest BCUT2D eigenvalue weighted by molar-refractivity contribution is -0.141. The summed E-state index contributed by atoms with van der Waals surface area (Å²) >= 11 is 0. The van der Waals surface area contributed by atoms with Crippen LogP contribution in [-0.4, -0.2) is 40.5 Å². The van der Waals surface area contributed by atoms with Crippen molar-refractivity contribution in [2.75, 3.05) is 6.54 Å². The second kappa shape index (κ2) is 9.54. The van der Waals surface area contributed by atoms with Crippen molar-refractivity contribution in [1.29, 1.82) is 0 Å². The predicted molar refractivity (Wildman–Crippen MR) is 109 cm³/mol. The number of aromatic nitrogens is 1. The van der Waals surface area contributed by atoms with E-state index in [1.807, 2.05) is 48.7 Å². The van der Waals surface area contributed by atoms with Gasteiger partial charge in [-0.05, 0) is 23.6 Å². The topological polar surface area (TPSA) is 111 Å². The molecule has 7 nitrogen and oxygen atoms in total. The number of para-hydroxylation sites is 1. The number of amides is 2. The fourth-order valence-electron chi connectivity index (χ4n) is 3.15. The van der Waals surface area contributed by atoms with E-state index in [1.54, 1.807) is 12.1 Å². The Kier molecular flexibility index (Phi) is 6.63. The monoisotopic (exact) mass is 393 g/mol. The van der Waals surface area contributed by atoms with Gasteiger partial charge in [0.1, 0.15) is 6.04 Å². The molecular weight excluding hydrogens is 370 g/mol. The Morgan fingerprint density at radius 1 is 0.966 bits per heavy atom. The van der Waals surface area contributed by atoms with E-state index < -0.39 is 17.9 Å². The molecule has 1 atom stereocenters. The van der Waals surface area contributed by atoms with Gasteiger partial charge in [-0.15, -0.1) is 0 Å². The number of carbonyl (C=O) groups excluding carboxylic acids is 2. The summed E-state index contributed by atoms with van der Waals surface area (Å²) in [6.45, 7) is -0.259. The molecule has 0 fully saturated rings. The van der Waals surface area contributed by atoms with E-state index in [2.05, 4.69) is 15.6 Å². The van der Waals surface area contributed by atoms with Crippen LogP contribution >= 0.6 is 0 Å². The van der Waals surface area contributed by atoms with E-state index in [4.69, 9.17) is 0 Å². The molecule has 4 N–H and O–H groups in total. The molecule has 0 radical (unpaired) electrons. The molecule has 3 rings (SSSR count). The summed E-state index contributed by atoms with van der Waals surface area (Å²) in [7, 11) is 0. The number of aromatic amines is 1. The molecule has 0 spiro atoms. The Labute approximate surface area is 168 Å². The highest BCUT2D eigenvalue weighted by molar-refractivity contribution is 5.88. The largest absolute Gasteiger partial charge is 0.480 e. The first-order chi connectivity index (χ1) is 14.0. The number of benzene rings is 2. The van der Waals surface area contributed by atoms with Crippen LogP contribution in [0.3, 0.4) is 0 Å². The maximum absolute atomic E-state index is 12.1. The lowest BCUT2D eigenvalue weighted by Crippen LogP contribution is -2.46. The number of H-pyrrole nitrogens is 1. The average molecular weight is 393 g/mol. The Hall–Kier alpha value is -3.61. The molecule has 2 amide bonds. The first-order valence-corrected chi connectivity index (χ1v) is 9.40. The van der Waals surface area contributed by atoms with Crippen molar-refractivity contribution in [3.8, 4) is 0 Å². The second-order valence-corrected chi connectivity index (χ2v) is 6.78. The number of rotatable bonds is 9. The lowest BCUT2D eigenvalue weighted by atomic mass is 10.1. The Bertz CT molecular complexity index is 997. The number of hydrogen-bond donors (Lipinski definition) is 4. The minimum absolute atomic E-state index is 0.177. The van der Waals surface area contributed by atoms with Crippen molar-refractivity contribution in [3.63, 3.8) is 0 Å². The number of aryl methyl sites for hydroxylation is 1. The van der Waals surface area contributed by atoms with Crippen molar-refractivity contribution in [3.05, 3.63) is 71.9 Å². The van der Waals surface area contributed by atoms with Gasteiger partial charge in [-0.3, -0.25) is 9.59 Å². The van der Waals surface area contributed by atoms with Crippen molar-refractivity contribution in [1.82, 2.24) is 15.6 Å². The lowest BCUT2D eigenvalue weighted by Gasteiger charge is -2.15. The third-order valence-electron chi connectivity index (χ3n) is 4.66. The van der Waals surface area contributed by atoms with Gasteiger partial charge in [-0.25, -0.2) is 4.79 Å². The van der Waals surface area contributed by atoms with Gasteiger partial charge in [0, 0.05) is 29.9 Å². The van der Waals surface area contributed by atoms with Crippen LogP contribution in [0.2, 0.25) is 0 Å². The van der Waals surface area contributed by atoms with Crippen LogP contribution in [0.5, 0.6) is 0 Å². The molecular formula is C22H23N3O4. The van der Waals surface area contributed by atoms with E-state index in [-0.39, 0.29) is 25.3 Å². The maximum Gasteiger partial charge on any atom is 0.326 e. The zero-order valence-electron chi connectivity index (χ0n) is 15.9. The van der Waals surface area contributed by atoms with Crippen LogP contribution in [0.25, 0.3) is 10.9 Å². The second-order valence-electron chi connectivity index (χ2n) is 6.78. The maximum atomic E-state index is 12.1. The number of fused-ring (bicyclic) bond motifs is 1. The van der Waals surface area contributed by atoms with Gasteiger partial charge < -0.3 is 20.7 Å². The van der Waals surface area contributed by atoms with E-state index in [1.165, 1.54) is 0 Å². The molecule has 0 unspecified atom stereocenters. The van der Waals surface area contributed by atoms with Crippen molar-refractivity contribution in [2.24, 2.45) is 0 Å². The highest BCUT2D eigenvalue weighted by Gasteiger charge is 2.20. The summed E-state index contributed by atoms with van der Waals surface area (Å²) in [6.07, 6.45) is 2.84. The molecule has 0 aliphatic heterocycles. The van der Waals surface area contributed by atoms with Gasteiger partial charge in [0.15, 0.2) is 0 Å². The van der Waals surface area contributed by atoms with Crippen LogP contribution < -0.4 is 10.6 Å². The predicted octanol–water partition coefficient (Wildman–Crippen LogP) is 2.03. The van der Waals surface area contributed by atoms with Crippen molar-refractivity contribution >= 4 is 28.7 Å². The van der Waals surface area contributed by atoms with Gasteiger partial charge in [0.2, 0.25) is 11.8 Å². The van der Waals surface area contributed by atoms with Gasteiger partial charge >= 0.3 is 5.97 Å². The van der Waals surface area contributed by atoms with Crippen molar-refractivity contribution < 1.29 is 19.5 Å². The summed E-state index contributed by atoms with van der Waals surface area (Å²) < 4.78 is 0. The summed E-state index contributed by atoms with van der Waals surface area (Å²) in [5, 5.41) is 15.4. The number of carboxylic acid groups (broad SMARTS) is 1. The van der Waals surface area contributed by atoms with Gasteiger partial charge in [-0.2, -0.15) is 0 Å². The van der Waals surface area contributed by atoms with Crippen LogP contribution in [0, 0.1) is 0 Å². The standard InChI is InChI=1S/C22H23N3O4/c26-20(11-10-16-13-23-18-9-5-4-8-17(16)18)24-14-21(27)25-19(22(28)29)12-15-6-2-1-3-7-15/h1-9,13,19,23H,10-12,14H2,(H,24,26)(H,25,27)(H,28,29)/t19-/m1/s1. The minimum Gasteiger partial charge on any atom is -0.480 e. The smallest absolute Gasteiger partial charge is 0.326 e. The van der Waals surface area contributed by atoms with Crippen LogP contribution in [0.4, 0.5) is 0 Å². The number of aliphatic carboxylic acids is 1. The quantitative estimate of drug-likeness (QED) is 0.446. The molecule has 0 saturated heterocycles. The molecule has 1 aromatic heterocycles. The van der Waals surface area contributed by atoms with E-state index >= 15 is 0 Å². The van der Waals surface area contributed by atoms with Crippen LogP contribution in [0.1, 0.15) is 17.5 Å². The molecule has 0 bridgehead atoms. The fourth-order valence-corrected chi connectivity index (χ4v) is 3.15. The van der Waals surface area contributed by atoms with Crippen LogP contribution in [0.15, 0.2) is 60.8 Å². The Morgan fingerprint density at radius 3 is 2.45 bits per heavy atom. The van der Waals surface area contributed by atoms with E-state index in [0.717, 1.165) is 22.0 Å². The molecule has 150 valence electrons. The molecule has 0 saturated carbocycles. The average Bonchev–Trinajstić information content (AvgIpc) is 3.14. The zero-order chi connectivity index (χ0) is 20.6. The summed E-state index contributed by atoms with van der Waals surface area (Å²) in [5.74, 6) is -1.91. The van der Waals surface area contributed by atoms with E-state index in [0.29, 0.717) is 6.42 Å². The first-order valence-electron chi connectivity index (χ1n) is 9.40. The van der Waals surface area contributed by atoms with Gasteiger partial charge in [0.05, 0.1) is 6.54 Å². The molecule has 0 aliphatic carbocycles. The van der Waals surface area contributed by atoms with Crippen LogP contribution in [-0.2, 0) is 27.2 Å². The highest BCUT2D eigenvalue weighted by Crippen LogP contribution is 2.18. The number of carbonyl (C=O) groups is 3. The number of carboxylic acids is 1. The molecule has 3 aromatic rings. The molecule has 1 heterocycles. The third kappa shape index (κ3) is 5.68. The minimum atomic E-state index is -1.12. The number of nitrogens with one attached hydrogen (secondary N) is 3.